The maximum Gasteiger partial charge on any atom is 0.0547 e. The van der Waals surface area contributed by atoms with Gasteiger partial charge >= 0.3 is 0 Å². The van der Waals surface area contributed by atoms with Crippen LogP contribution in [0.4, 0.5) is 0 Å². The van der Waals surface area contributed by atoms with Gasteiger partial charge in [-0.25, -0.2) is 0 Å². The van der Waals surface area contributed by atoms with Crippen molar-refractivity contribution in [1.29, 1.82) is 0 Å². The minimum atomic E-state index is -0.0189. The summed E-state index contributed by atoms with van der Waals surface area (Å²) < 4.78 is 2.47. The number of allylic oxidation sites excluding steroid dienone is 1. The van der Waals surface area contributed by atoms with Crippen LogP contribution in [0.5, 0.6) is 0 Å². The van der Waals surface area contributed by atoms with Gasteiger partial charge in [-0.15, -0.1) is 6.58 Å². The molecular weight excluding hydrogens is 615 g/mol. The third kappa shape index (κ3) is 4.15. The molecule has 0 saturated heterocycles. The largest absolute Gasteiger partial charge is 0.309 e. The summed E-state index contributed by atoms with van der Waals surface area (Å²) in [5.74, 6) is 0. The Morgan fingerprint density at radius 2 is 1.10 bits per heavy atom. The lowest BCUT2D eigenvalue weighted by molar-refractivity contribution is 0.661. The molecule has 0 amide bonds. The first-order chi connectivity index (χ1) is 25.0. The highest BCUT2D eigenvalue weighted by Gasteiger charge is 2.35. The lowest BCUT2D eigenvalue weighted by atomic mass is 9.82. The Bertz CT molecular complexity index is 2890. The summed E-state index contributed by atoms with van der Waals surface area (Å²) in [6, 6.07) is 56.9. The van der Waals surface area contributed by atoms with Crippen molar-refractivity contribution in [2.45, 2.75) is 26.2 Å². The second kappa shape index (κ2) is 10.9. The zero-order chi connectivity index (χ0) is 34.4. The molecule has 0 aliphatic heterocycles. The molecule has 2 aliphatic rings. The molecule has 0 N–H and O–H groups in total. The molecule has 242 valence electrons. The van der Waals surface area contributed by atoms with E-state index in [-0.39, 0.29) is 5.41 Å². The quantitative estimate of drug-likeness (QED) is 0.164. The number of nitrogens with zero attached hydrogens (tertiary/aromatic N) is 1. The highest BCUT2D eigenvalue weighted by atomic mass is 15.0. The fourth-order valence-electron chi connectivity index (χ4n) is 9.06. The molecule has 0 spiro atoms. The molecule has 9 aromatic rings. The van der Waals surface area contributed by atoms with E-state index in [1.54, 1.807) is 6.08 Å². The molecule has 2 aliphatic carbocycles. The average Bonchev–Trinajstić information content (AvgIpc) is 3.74. The summed E-state index contributed by atoms with van der Waals surface area (Å²) in [5, 5.41) is 7.82. The molecule has 51 heavy (non-hydrogen) atoms. The van der Waals surface area contributed by atoms with E-state index in [0.29, 0.717) is 0 Å². The summed E-state index contributed by atoms with van der Waals surface area (Å²) in [6.45, 7) is 9.98. The summed E-state index contributed by atoms with van der Waals surface area (Å²) in [7, 11) is 0. The Kier molecular flexibility index (Phi) is 6.36. The zero-order valence-corrected chi connectivity index (χ0v) is 29.2. The van der Waals surface area contributed by atoms with Crippen LogP contribution < -0.4 is 0 Å². The van der Waals surface area contributed by atoms with E-state index in [0.717, 1.165) is 0 Å². The van der Waals surface area contributed by atoms with Crippen molar-refractivity contribution in [1.82, 2.24) is 4.57 Å². The van der Waals surface area contributed by atoms with Crippen molar-refractivity contribution in [3.8, 4) is 50.2 Å². The molecule has 0 bridgehead atoms. The molecule has 11 rings (SSSR count). The van der Waals surface area contributed by atoms with E-state index in [2.05, 4.69) is 177 Å². The lowest BCUT2D eigenvalue weighted by Gasteiger charge is -2.21. The van der Waals surface area contributed by atoms with Gasteiger partial charge in [-0.05, 0) is 127 Å². The highest BCUT2D eigenvalue weighted by Crippen LogP contribution is 2.51. The number of aromatic nitrogens is 1. The second-order valence-corrected chi connectivity index (χ2v) is 14.5. The summed E-state index contributed by atoms with van der Waals surface area (Å²) >= 11 is 0. The van der Waals surface area contributed by atoms with Crippen molar-refractivity contribution >= 4 is 43.4 Å². The molecule has 1 aromatic heterocycles. The fraction of sp³-hybridized carbons (Fsp3) is 0.0800. The van der Waals surface area contributed by atoms with Gasteiger partial charge in [0.2, 0.25) is 0 Å². The van der Waals surface area contributed by atoms with Gasteiger partial charge in [0.1, 0.15) is 0 Å². The van der Waals surface area contributed by atoms with Gasteiger partial charge in [0.05, 0.1) is 11.0 Å². The Labute approximate surface area is 298 Å². The highest BCUT2D eigenvalue weighted by molar-refractivity contribution is 6.19. The van der Waals surface area contributed by atoms with Gasteiger partial charge in [0, 0.05) is 21.9 Å². The van der Waals surface area contributed by atoms with Gasteiger partial charge in [-0.2, -0.15) is 0 Å². The van der Waals surface area contributed by atoms with E-state index in [4.69, 9.17) is 0 Å². The summed E-state index contributed by atoms with van der Waals surface area (Å²) in [4.78, 5) is 0. The fourth-order valence-corrected chi connectivity index (χ4v) is 9.06. The molecule has 0 saturated carbocycles. The van der Waals surface area contributed by atoms with Crippen LogP contribution in [0.1, 0.15) is 31.9 Å². The number of benzene rings is 8. The first-order valence-electron chi connectivity index (χ1n) is 17.9. The molecule has 8 aromatic carbocycles. The number of para-hydroxylation sites is 1. The van der Waals surface area contributed by atoms with Crippen LogP contribution in [-0.4, -0.2) is 4.57 Å². The van der Waals surface area contributed by atoms with E-state index < -0.39 is 0 Å². The maximum atomic E-state index is 3.36. The average molecular weight is 652 g/mol. The second-order valence-electron chi connectivity index (χ2n) is 14.5. The van der Waals surface area contributed by atoms with Crippen LogP contribution in [0, 0.1) is 0 Å². The van der Waals surface area contributed by atoms with E-state index in [1.165, 1.54) is 105 Å². The standard InChI is InChI=1S/C47H31N.C3H6/c1-47(2)42-19-7-5-15-35(42)40-24-30-27-45-41(25-29(30)26-43(40)47)36-16-6-8-20-44(36)48(45)31-12-9-11-28(23-31)32-21-22-39-34-14-4-3-13-33(34)38-18-10-17-37(32)46(38)39;1-3-2/h3-27H,1-2H3;3H,1H2,2H3. The normalized spacial score (nSPS) is 13.2. The van der Waals surface area contributed by atoms with E-state index in [9.17, 15) is 0 Å². The Balaban J connectivity index is 0.00000106. The number of fused-ring (bicyclic) bond motifs is 10. The molecule has 1 heteroatoms. The minimum Gasteiger partial charge on any atom is -0.309 e. The number of rotatable bonds is 2. The summed E-state index contributed by atoms with van der Waals surface area (Å²) in [6.07, 6.45) is 1.75. The van der Waals surface area contributed by atoms with E-state index in [1.807, 2.05) is 6.92 Å². The Morgan fingerprint density at radius 1 is 0.471 bits per heavy atom. The molecular formula is C50H37N. The van der Waals surface area contributed by atoms with Crippen molar-refractivity contribution in [2.24, 2.45) is 0 Å². The Hall–Kier alpha value is -6.18. The maximum absolute atomic E-state index is 3.36. The smallest absolute Gasteiger partial charge is 0.0547 e. The predicted octanol–water partition coefficient (Wildman–Crippen LogP) is 13.9. The van der Waals surface area contributed by atoms with Gasteiger partial charge in [0.15, 0.2) is 0 Å². The predicted molar refractivity (Wildman–Crippen MR) is 219 cm³/mol. The monoisotopic (exact) mass is 651 g/mol. The van der Waals surface area contributed by atoms with Crippen LogP contribution in [0.25, 0.3) is 93.5 Å². The molecule has 0 fully saturated rings. The SMILES string of the molecule is C=CC.CC1(C)c2ccccc2-c2cc3cc4c(cc3cc21)c1ccccc1n4-c1cccc(-c2ccc3c4c(cccc24)-c2ccccc2-3)c1. The molecule has 0 atom stereocenters. The van der Waals surface area contributed by atoms with Crippen LogP contribution in [0.15, 0.2) is 164 Å². The molecule has 1 heterocycles. The van der Waals surface area contributed by atoms with Gasteiger partial charge in [-0.1, -0.05) is 129 Å². The van der Waals surface area contributed by atoms with Crippen LogP contribution in [0.2, 0.25) is 0 Å². The topological polar surface area (TPSA) is 4.93 Å². The summed E-state index contributed by atoms with van der Waals surface area (Å²) in [5.41, 5.74) is 17.0. The number of hydrogen-bond acceptors (Lipinski definition) is 0. The van der Waals surface area contributed by atoms with Crippen molar-refractivity contribution in [3.63, 3.8) is 0 Å². The van der Waals surface area contributed by atoms with Crippen LogP contribution in [-0.2, 0) is 5.41 Å². The van der Waals surface area contributed by atoms with E-state index >= 15 is 0 Å². The Morgan fingerprint density at radius 3 is 1.92 bits per heavy atom. The first-order valence-corrected chi connectivity index (χ1v) is 17.9. The molecule has 1 nitrogen and oxygen atoms in total. The van der Waals surface area contributed by atoms with Crippen molar-refractivity contribution in [3.05, 3.63) is 175 Å². The molecule has 0 unspecified atom stereocenters. The van der Waals surface area contributed by atoms with Crippen LogP contribution in [0.3, 0.4) is 0 Å². The van der Waals surface area contributed by atoms with Crippen molar-refractivity contribution in [2.75, 3.05) is 0 Å². The minimum absolute atomic E-state index is 0.0189. The van der Waals surface area contributed by atoms with Gasteiger partial charge in [0.25, 0.3) is 0 Å². The first kappa shape index (κ1) is 29.7. The van der Waals surface area contributed by atoms with Gasteiger partial charge < -0.3 is 4.57 Å². The lowest BCUT2D eigenvalue weighted by Crippen LogP contribution is -2.14. The molecule has 0 radical (unpaired) electrons. The third-order valence-electron chi connectivity index (χ3n) is 11.3. The van der Waals surface area contributed by atoms with Gasteiger partial charge in [-0.3, -0.25) is 0 Å². The zero-order valence-electron chi connectivity index (χ0n) is 29.2. The third-order valence-corrected chi connectivity index (χ3v) is 11.3. The van der Waals surface area contributed by atoms with Crippen molar-refractivity contribution < 1.29 is 0 Å². The van der Waals surface area contributed by atoms with Crippen LogP contribution >= 0.6 is 0 Å². The number of hydrogen-bond donors (Lipinski definition) is 0.